The van der Waals surface area contributed by atoms with Crippen molar-refractivity contribution >= 4 is 16.7 Å². The summed E-state index contributed by atoms with van der Waals surface area (Å²) in [5, 5.41) is 1.49. The van der Waals surface area contributed by atoms with Gasteiger partial charge in [0.05, 0.1) is 23.9 Å². The Bertz CT molecular complexity index is 902. The number of pyridine rings is 1. The maximum absolute atomic E-state index is 12.7. The van der Waals surface area contributed by atoms with Gasteiger partial charge in [-0.2, -0.15) is 13.2 Å². The minimum atomic E-state index is -4.37. The van der Waals surface area contributed by atoms with Crippen LogP contribution in [0.2, 0.25) is 0 Å². The highest BCUT2D eigenvalue weighted by atomic mass is 19.4. The number of fused-ring (bicyclic) bond motifs is 1. The quantitative estimate of drug-likeness (QED) is 0.639. The van der Waals surface area contributed by atoms with Crippen molar-refractivity contribution in [3.63, 3.8) is 0 Å². The predicted molar refractivity (Wildman–Crippen MR) is 83.5 cm³/mol. The first-order valence-corrected chi connectivity index (χ1v) is 7.05. The van der Waals surface area contributed by atoms with Crippen LogP contribution in [0.3, 0.4) is 0 Å². The molecule has 1 aromatic heterocycles. The zero-order valence-electron chi connectivity index (χ0n) is 12.6. The fraction of sp³-hybridized carbons (Fsp3) is 0.111. The van der Waals surface area contributed by atoms with Crippen molar-refractivity contribution in [3.8, 4) is 11.3 Å². The van der Waals surface area contributed by atoms with Crippen LogP contribution in [0.25, 0.3) is 22.0 Å². The summed E-state index contributed by atoms with van der Waals surface area (Å²) >= 11 is 0. The van der Waals surface area contributed by atoms with E-state index < -0.39 is 17.7 Å². The first kappa shape index (κ1) is 16.0. The van der Waals surface area contributed by atoms with E-state index in [4.69, 9.17) is 0 Å². The molecule has 0 fully saturated rings. The molecule has 3 aromatic rings. The number of nitrogens with zero attached hydrogens (tertiary/aromatic N) is 1. The van der Waals surface area contributed by atoms with Gasteiger partial charge in [0.15, 0.2) is 0 Å². The largest absolute Gasteiger partial charge is 0.465 e. The zero-order valence-corrected chi connectivity index (χ0v) is 12.6. The second-order valence-electron chi connectivity index (χ2n) is 5.16. The Morgan fingerprint density at radius 1 is 1.04 bits per heavy atom. The number of benzene rings is 2. The molecule has 6 heteroatoms. The standard InChI is InChI=1S/C18H12F3NO2/c1-24-17(23)13-4-7-15-12(10-13)8-9-22-16(15)11-2-5-14(6-3-11)18(19,20)21/h2-10H,1H3. The lowest BCUT2D eigenvalue weighted by Gasteiger charge is -2.09. The first-order valence-electron chi connectivity index (χ1n) is 7.05. The molecule has 0 aliphatic heterocycles. The lowest BCUT2D eigenvalue weighted by atomic mass is 10.0. The van der Waals surface area contributed by atoms with Crippen LogP contribution in [-0.2, 0) is 10.9 Å². The van der Waals surface area contributed by atoms with E-state index in [9.17, 15) is 18.0 Å². The highest BCUT2D eigenvalue weighted by Gasteiger charge is 2.30. The van der Waals surface area contributed by atoms with Crippen molar-refractivity contribution in [2.75, 3.05) is 7.11 Å². The van der Waals surface area contributed by atoms with E-state index in [2.05, 4.69) is 9.72 Å². The van der Waals surface area contributed by atoms with E-state index in [0.717, 1.165) is 22.9 Å². The van der Waals surface area contributed by atoms with Crippen LogP contribution in [0.15, 0.2) is 54.7 Å². The molecule has 0 atom stereocenters. The van der Waals surface area contributed by atoms with Gasteiger partial charge in [-0.25, -0.2) is 4.79 Å². The van der Waals surface area contributed by atoms with Gasteiger partial charge in [-0.05, 0) is 35.7 Å². The summed E-state index contributed by atoms with van der Waals surface area (Å²) in [6.45, 7) is 0. The molecule has 0 saturated carbocycles. The maximum Gasteiger partial charge on any atom is 0.416 e. The number of methoxy groups -OCH3 is 1. The number of ether oxygens (including phenoxy) is 1. The van der Waals surface area contributed by atoms with Gasteiger partial charge in [-0.15, -0.1) is 0 Å². The molecule has 0 radical (unpaired) electrons. The fourth-order valence-electron chi connectivity index (χ4n) is 2.47. The molecule has 1 heterocycles. The minimum Gasteiger partial charge on any atom is -0.465 e. The molecule has 2 aromatic carbocycles. The monoisotopic (exact) mass is 331 g/mol. The third kappa shape index (κ3) is 2.95. The molecule has 24 heavy (non-hydrogen) atoms. The van der Waals surface area contributed by atoms with Crippen LogP contribution >= 0.6 is 0 Å². The zero-order chi connectivity index (χ0) is 17.3. The highest BCUT2D eigenvalue weighted by Crippen LogP contribution is 2.32. The molecular weight excluding hydrogens is 319 g/mol. The first-order chi connectivity index (χ1) is 11.4. The molecule has 3 rings (SSSR count). The Kier molecular flexibility index (Phi) is 3.97. The average Bonchev–Trinajstić information content (AvgIpc) is 2.59. The number of hydrogen-bond donors (Lipinski definition) is 0. The lowest BCUT2D eigenvalue weighted by Crippen LogP contribution is -2.04. The average molecular weight is 331 g/mol. The van der Waals surface area contributed by atoms with E-state index in [1.807, 2.05) is 0 Å². The summed E-state index contributed by atoms with van der Waals surface area (Å²) in [4.78, 5) is 15.9. The van der Waals surface area contributed by atoms with Gasteiger partial charge in [0, 0.05) is 17.1 Å². The van der Waals surface area contributed by atoms with Crippen molar-refractivity contribution in [1.29, 1.82) is 0 Å². The molecule has 0 saturated heterocycles. The van der Waals surface area contributed by atoms with Gasteiger partial charge in [0.2, 0.25) is 0 Å². The number of halogens is 3. The van der Waals surface area contributed by atoms with E-state index in [1.54, 1.807) is 30.5 Å². The van der Waals surface area contributed by atoms with E-state index in [-0.39, 0.29) is 0 Å². The van der Waals surface area contributed by atoms with Gasteiger partial charge >= 0.3 is 12.1 Å². The summed E-state index contributed by atoms with van der Waals surface area (Å²) in [5.74, 6) is -0.454. The summed E-state index contributed by atoms with van der Waals surface area (Å²) < 4.78 is 42.7. The van der Waals surface area contributed by atoms with Crippen LogP contribution in [0.5, 0.6) is 0 Å². The Hall–Kier alpha value is -2.89. The normalized spacial score (nSPS) is 11.5. The fourth-order valence-corrected chi connectivity index (χ4v) is 2.47. The molecule has 0 aliphatic rings. The molecular formula is C18H12F3NO2. The summed E-state index contributed by atoms with van der Waals surface area (Å²) in [5.41, 5.74) is 0.811. The Morgan fingerprint density at radius 3 is 2.38 bits per heavy atom. The van der Waals surface area contributed by atoms with Gasteiger partial charge < -0.3 is 4.74 Å². The second-order valence-corrected chi connectivity index (χ2v) is 5.16. The Labute approximate surface area is 135 Å². The van der Waals surface area contributed by atoms with Crippen molar-refractivity contribution in [3.05, 3.63) is 65.9 Å². The summed E-state index contributed by atoms with van der Waals surface area (Å²) in [6.07, 6.45) is -2.82. The second kappa shape index (κ2) is 5.96. The summed E-state index contributed by atoms with van der Waals surface area (Å²) in [6, 6.07) is 11.5. The molecule has 0 N–H and O–H groups in total. The van der Waals surface area contributed by atoms with Crippen molar-refractivity contribution in [2.24, 2.45) is 0 Å². The summed E-state index contributed by atoms with van der Waals surface area (Å²) in [7, 11) is 1.30. The van der Waals surface area contributed by atoms with Gasteiger partial charge in [-0.1, -0.05) is 18.2 Å². The van der Waals surface area contributed by atoms with Crippen LogP contribution < -0.4 is 0 Å². The third-order valence-electron chi connectivity index (χ3n) is 3.67. The number of alkyl halides is 3. The van der Waals surface area contributed by atoms with E-state index >= 15 is 0 Å². The molecule has 0 spiro atoms. The number of carbonyl (C=O) groups excluding carboxylic acids is 1. The van der Waals surface area contributed by atoms with Gasteiger partial charge in [-0.3, -0.25) is 4.98 Å². The number of esters is 1. The molecule has 0 aliphatic carbocycles. The molecule has 0 amide bonds. The Balaban J connectivity index is 2.08. The van der Waals surface area contributed by atoms with Crippen molar-refractivity contribution < 1.29 is 22.7 Å². The molecule has 0 bridgehead atoms. The number of carbonyl (C=O) groups is 1. The highest BCUT2D eigenvalue weighted by molar-refractivity contribution is 5.99. The Morgan fingerprint density at radius 2 is 1.75 bits per heavy atom. The van der Waals surface area contributed by atoms with Crippen molar-refractivity contribution in [2.45, 2.75) is 6.18 Å². The van der Waals surface area contributed by atoms with Crippen LogP contribution in [-0.4, -0.2) is 18.1 Å². The number of rotatable bonds is 2. The van der Waals surface area contributed by atoms with Crippen LogP contribution in [0.4, 0.5) is 13.2 Å². The van der Waals surface area contributed by atoms with Crippen LogP contribution in [0, 0.1) is 0 Å². The lowest BCUT2D eigenvalue weighted by molar-refractivity contribution is -0.137. The van der Waals surface area contributed by atoms with E-state index in [0.29, 0.717) is 16.8 Å². The third-order valence-corrected chi connectivity index (χ3v) is 3.67. The van der Waals surface area contributed by atoms with Crippen molar-refractivity contribution in [1.82, 2.24) is 4.98 Å². The predicted octanol–water partition coefficient (Wildman–Crippen LogP) is 4.71. The maximum atomic E-state index is 12.7. The van der Waals surface area contributed by atoms with E-state index in [1.165, 1.54) is 19.2 Å². The topological polar surface area (TPSA) is 39.2 Å². The van der Waals surface area contributed by atoms with Crippen LogP contribution in [0.1, 0.15) is 15.9 Å². The molecule has 3 nitrogen and oxygen atoms in total. The molecule has 0 unspecified atom stereocenters. The minimum absolute atomic E-state index is 0.398. The SMILES string of the molecule is COC(=O)c1ccc2c(-c3ccc(C(F)(F)F)cc3)nccc2c1. The molecule has 122 valence electrons. The number of aromatic nitrogens is 1. The smallest absolute Gasteiger partial charge is 0.416 e. The van der Waals surface area contributed by atoms with Gasteiger partial charge in [0.25, 0.3) is 0 Å². The van der Waals surface area contributed by atoms with Gasteiger partial charge in [0.1, 0.15) is 0 Å². The number of hydrogen-bond acceptors (Lipinski definition) is 3.